The van der Waals surface area contributed by atoms with Gasteiger partial charge in [-0.25, -0.2) is 0 Å². The zero-order valence-corrected chi connectivity index (χ0v) is 11.5. The third kappa shape index (κ3) is 2.56. The number of amides is 1. The number of ether oxygens (including phenoxy) is 1. The number of aryl methyl sites for hydroxylation is 1. The van der Waals surface area contributed by atoms with E-state index >= 15 is 0 Å². The van der Waals surface area contributed by atoms with Gasteiger partial charge in [0, 0.05) is 13.1 Å². The van der Waals surface area contributed by atoms with E-state index < -0.39 is 0 Å². The molecule has 0 bridgehead atoms. The van der Waals surface area contributed by atoms with E-state index in [1.165, 1.54) is 0 Å². The second-order valence-corrected chi connectivity index (χ2v) is 5.90. The first-order valence-corrected chi connectivity index (χ1v) is 6.30. The lowest BCUT2D eigenvalue weighted by Crippen LogP contribution is -2.50. The van der Waals surface area contributed by atoms with Crippen LogP contribution in [0.3, 0.4) is 0 Å². The number of rotatable bonds is 1. The lowest BCUT2D eigenvalue weighted by atomic mass is 9.88. The molecule has 2 heterocycles. The number of nitrogens with zero attached hydrogens (tertiary/aromatic N) is 2. The second kappa shape index (κ2) is 4.72. The van der Waals surface area contributed by atoms with E-state index in [2.05, 4.69) is 31.0 Å². The van der Waals surface area contributed by atoms with Crippen LogP contribution in [0, 0.1) is 12.3 Å². The van der Waals surface area contributed by atoms with Gasteiger partial charge in [-0.05, 0) is 17.9 Å². The van der Waals surface area contributed by atoms with Gasteiger partial charge in [0.25, 0.3) is 5.91 Å². The molecule has 1 fully saturated rings. The number of carbonyl (C=O) groups excluding carboxylic acids is 1. The summed E-state index contributed by atoms with van der Waals surface area (Å²) in [6.45, 7) is 10.2. The van der Waals surface area contributed by atoms with Crippen LogP contribution in [0.15, 0.2) is 6.20 Å². The summed E-state index contributed by atoms with van der Waals surface area (Å²) in [5.41, 5.74) is 1.52. The third-order valence-electron chi connectivity index (χ3n) is 3.36. The minimum atomic E-state index is 0.0163. The molecule has 2 rings (SSSR count). The van der Waals surface area contributed by atoms with Crippen LogP contribution in [0.25, 0.3) is 0 Å². The van der Waals surface area contributed by atoms with Gasteiger partial charge in [0.15, 0.2) is 0 Å². The molecule has 5 heteroatoms. The van der Waals surface area contributed by atoms with Crippen LogP contribution in [0.4, 0.5) is 0 Å². The Labute approximate surface area is 108 Å². The van der Waals surface area contributed by atoms with Crippen LogP contribution in [0.1, 0.15) is 36.8 Å². The summed E-state index contributed by atoms with van der Waals surface area (Å²) < 4.78 is 5.75. The van der Waals surface area contributed by atoms with E-state index in [4.69, 9.17) is 4.74 Å². The molecule has 0 saturated carbocycles. The fraction of sp³-hybridized carbons (Fsp3) is 0.692. The Kier molecular flexibility index (Phi) is 3.43. The van der Waals surface area contributed by atoms with E-state index in [1.807, 2.05) is 11.8 Å². The minimum absolute atomic E-state index is 0.0163. The predicted octanol–water partition coefficient (Wildman–Crippen LogP) is 1.61. The van der Waals surface area contributed by atoms with Gasteiger partial charge in [-0.1, -0.05) is 20.8 Å². The molecule has 0 spiro atoms. The summed E-state index contributed by atoms with van der Waals surface area (Å²) in [6.07, 6.45) is 1.76. The molecule has 0 aliphatic carbocycles. The van der Waals surface area contributed by atoms with Crippen molar-refractivity contribution in [1.29, 1.82) is 0 Å². The summed E-state index contributed by atoms with van der Waals surface area (Å²) >= 11 is 0. The smallest absolute Gasteiger partial charge is 0.272 e. The largest absolute Gasteiger partial charge is 0.374 e. The van der Waals surface area contributed by atoms with Crippen LogP contribution >= 0.6 is 0 Å². The average Bonchev–Trinajstić information content (AvgIpc) is 2.73. The normalized spacial score (nSPS) is 21.1. The maximum atomic E-state index is 12.4. The molecule has 1 saturated heterocycles. The molecule has 1 aromatic rings. The third-order valence-corrected chi connectivity index (χ3v) is 3.36. The molecule has 1 aromatic heterocycles. The molecule has 5 nitrogen and oxygen atoms in total. The van der Waals surface area contributed by atoms with Crippen molar-refractivity contribution in [2.24, 2.45) is 5.41 Å². The Hall–Kier alpha value is -1.36. The fourth-order valence-electron chi connectivity index (χ4n) is 2.08. The highest BCUT2D eigenvalue weighted by atomic mass is 16.5. The van der Waals surface area contributed by atoms with Gasteiger partial charge in [-0.3, -0.25) is 9.89 Å². The zero-order valence-electron chi connectivity index (χ0n) is 11.5. The van der Waals surface area contributed by atoms with Crippen molar-refractivity contribution < 1.29 is 9.53 Å². The van der Waals surface area contributed by atoms with Crippen molar-refractivity contribution in [3.8, 4) is 0 Å². The maximum absolute atomic E-state index is 12.4. The topological polar surface area (TPSA) is 58.2 Å². The summed E-state index contributed by atoms with van der Waals surface area (Å²) in [4.78, 5) is 14.2. The second-order valence-electron chi connectivity index (χ2n) is 5.90. The molecule has 1 atom stereocenters. The predicted molar refractivity (Wildman–Crippen MR) is 68.4 cm³/mol. The van der Waals surface area contributed by atoms with E-state index in [0.29, 0.717) is 25.4 Å². The van der Waals surface area contributed by atoms with Gasteiger partial charge < -0.3 is 9.64 Å². The molecule has 1 amide bonds. The van der Waals surface area contributed by atoms with Crippen LogP contribution in [0.2, 0.25) is 0 Å². The molecule has 0 unspecified atom stereocenters. The molecular weight excluding hydrogens is 230 g/mol. The summed E-state index contributed by atoms with van der Waals surface area (Å²) in [5.74, 6) is 0.0163. The van der Waals surface area contributed by atoms with Gasteiger partial charge in [0.05, 0.1) is 18.9 Å². The van der Waals surface area contributed by atoms with E-state index in [0.717, 1.165) is 5.56 Å². The molecule has 1 aliphatic rings. The van der Waals surface area contributed by atoms with Crippen molar-refractivity contribution in [1.82, 2.24) is 15.1 Å². The fourth-order valence-corrected chi connectivity index (χ4v) is 2.08. The van der Waals surface area contributed by atoms with Crippen molar-refractivity contribution in [3.05, 3.63) is 17.5 Å². The number of hydrogen-bond donors (Lipinski definition) is 1. The highest BCUT2D eigenvalue weighted by molar-refractivity contribution is 5.93. The van der Waals surface area contributed by atoms with E-state index in [1.54, 1.807) is 6.20 Å². The van der Waals surface area contributed by atoms with Gasteiger partial charge in [-0.15, -0.1) is 0 Å². The standard InChI is InChI=1S/C13H21N3O2/c1-9-7-14-15-11(9)12(17)16-5-6-18-10(8-16)13(2,3)4/h7,10H,5-6,8H2,1-4H3,(H,14,15)/t10-/m1/s1. The Morgan fingerprint density at radius 2 is 2.28 bits per heavy atom. The first-order chi connectivity index (χ1) is 8.39. The summed E-state index contributed by atoms with van der Waals surface area (Å²) in [6, 6.07) is 0. The van der Waals surface area contributed by atoms with E-state index in [-0.39, 0.29) is 17.4 Å². The monoisotopic (exact) mass is 251 g/mol. The number of morpholine rings is 1. The first kappa shape index (κ1) is 13.1. The molecule has 0 radical (unpaired) electrons. The van der Waals surface area contributed by atoms with Crippen molar-refractivity contribution >= 4 is 5.91 Å². The summed E-state index contributed by atoms with van der Waals surface area (Å²) in [7, 11) is 0. The highest BCUT2D eigenvalue weighted by Crippen LogP contribution is 2.26. The highest BCUT2D eigenvalue weighted by Gasteiger charge is 2.33. The summed E-state index contributed by atoms with van der Waals surface area (Å²) in [5, 5.41) is 6.68. The van der Waals surface area contributed by atoms with Gasteiger partial charge in [0.1, 0.15) is 5.69 Å². The number of nitrogens with one attached hydrogen (secondary N) is 1. The zero-order chi connectivity index (χ0) is 13.3. The van der Waals surface area contributed by atoms with Gasteiger partial charge in [0.2, 0.25) is 0 Å². The van der Waals surface area contributed by atoms with Gasteiger partial charge in [-0.2, -0.15) is 5.10 Å². The SMILES string of the molecule is Cc1cn[nH]c1C(=O)N1CCO[C@@H](C(C)(C)C)C1. The lowest BCUT2D eigenvalue weighted by molar-refractivity contribution is -0.0707. The molecular formula is C13H21N3O2. The van der Waals surface area contributed by atoms with Crippen LogP contribution < -0.4 is 0 Å². The van der Waals surface area contributed by atoms with Crippen LogP contribution in [-0.2, 0) is 4.74 Å². The van der Waals surface area contributed by atoms with Crippen molar-refractivity contribution in [2.45, 2.75) is 33.8 Å². The number of H-pyrrole nitrogens is 1. The average molecular weight is 251 g/mol. The number of carbonyl (C=O) groups is 1. The van der Waals surface area contributed by atoms with Gasteiger partial charge >= 0.3 is 0 Å². The maximum Gasteiger partial charge on any atom is 0.272 e. The molecule has 0 aromatic carbocycles. The molecule has 1 aliphatic heterocycles. The van der Waals surface area contributed by atoms with E-state index in [9.17, 15) is 4.79 Å². The Bertz CT molecular complexity index is 434. The Morgan fingerprint density at radius 1 is 1.56 bits per heavy atom. The molecule has 18 heavy (non-hydrogen) atoms. The number of hydrogen-bond acceptors (Lipinski definition) is 3. The Morgan fingerprint density at radius 3 is 2.83 bits per heavy atom. The molecule has 100 valence electrons. The van der Waals surface area contributed by atoms with Crippen molar-refractivity contribution in [2.75, 3.05) is 19.7 Å². The Balaban J connectivity index is 2.10. The first-order valence-electron chi connectivity index (χ1n) is 6.30. The van der Waals surface area contributed by atoms with Crippen molar-refractivity contribution in [3.63, 3.8) is 0 Å². The lowest BCUT2D eigenvalue weighted by Gasteiger charge is -2.39. The van der Waals surface area contributed by atoms with Crippen LogP contribution in [-0.4, -0.2) is 46.8 Å². The molecule has 1 N–H and O–H groups in total. The minimum Gasteiger partial charge on any atom is -0.374 e. The quantitative estimate of drug-likeness (QED) is 0.825. The van der Waals surface area contributed by atoms with Crippen LogP contribution in [0.5, 0.6) is 0 Å². The number of aromatic nitrogens is 2. The number of aromatic amines is 1.